The van der Waals surface area contributed by atoms with Crippen LogP contribution in [0.15, 0.2) is 18.2 Å². The lowest BCUT2D eigenvalue weighted by molar-refractivity contribution is -0.142. The molecule has 0 radical (unpaired) electrons. The summed E-state index contributed by atoms with van der Waals surface area (Å²) in [5.41, 5.74) is 6.24. The van der Waals surface area contributed by atoms with Crippen molar-refractivity contribution in [3.63, 3.8) is 0 Å². The molecule has 0 bridgehead atoms. The minimum absolute atomic E-state index is 0.158. The van der Waals surface area contributed by atoms with E-state index in [2.05, 4.69) is 0 Å². The molecular weight excluding hydrogens is 222 g/mol. The summed E-state index contributed by atoms with van der Waals surface area (Å²) < 4.78 is 0. The highest BCUT2D eigenvalue weighted by atomic mass is 16.4. The standard InChI is InChI=1S/C12H17NO4/c1-12(13,11(16)17)5-8-2-3-9(6-14)10(4-8)7-15/h2-4,14-15H,5-7,13H2,1H3,(H,16,17)/t12-/m1/s1. The molecule has 1 atom stereocenters. The molecule has 0 spiro atoms. The van der Waals surface area contributed by atoms with E-state index >= 15 is 0 Å². The monoisotopic (exact) mass is 239 g/mol. The van der Waals surface area contributed by atoms with Gasteiger partial charge < -0.3 is 21.1 Å². The van der Waals surface area contributed by atoms with Crippen LogP contribution in [0.3, 0.4) is 0 Å². The Kier molecular flexibility index (Phi) is 4.22. The molecule has 1 rings (SSSR count). The van der Waals surface area contributed by atoms with E-state index in [1.54, 1.807) is 18.2 Å². The number of hydrogen-bond acceptors (Lipinski definition) is 4. The molecule has 5 N–H and O–H groups in total. The Hall–Kier alpha value is -1.43. The maximum absolute atomic E-state index is 10.9. The molecule has 0 aromatic heterocycles. The van der Waals surface area contributed by atoms with Crippen molar-refractivity contribution >= 4 is 5.97 Å². The van der Waals surface area contributed by atoms with Gasteiger partial charge in [0, 0.05) is 6.42 Å². The number of aliphatic hydroxyl groups is 2. The summed E-state index contributed by atoms with van der Waals surface area (Å²) in [7, 11) is 0. The quantitative estimate of drug-likeness (QED) is 0.579. The third-order valence-electron chi connectivity index (χ3n) is 2.67. The second-order valence-corrected chi connectivity index (χ2v) is 4.32. The molecule has 94 valence electrons. The molecular formula is C12H17NO4. The van der Waals surface area contributed by atoms with E-state index in [0.29, 0.717) is 11.1 Å². The Balaban J connectivity index is 2.97. The number of benzene rings is 1. The lowest BCUT2D eigenvalue weighted by atomic mass is 9.92. The van der Waals surface area contributed by atoms with Crippen LogP contribution in [0.1, 0.15) is 23.6 Å². The number of aliphatic carboxylic acids is 1. The topological polar surface area (TPSA) is 104 Å². The van der Waals surface area contributed by atoms with Gasteiger partial charge in [0.2, 0.25) is 0 Å². The van der Waals surface area contributed by atoms with E-state index in [1.807, 2.05) is 0 Å². The molecule has 0 aliphatic heterocycles. The third kappa shape index (κ3) is 3.26. The van der Waals surface area contributed by atoms with Crippen LogP contribution in [0.2, 0.25) is 0 Å². The maximum atomic E-state index is 10.9. The van der Waals surface area contributed by atoms with Gasteiger partial charge in [-0.3, -0.25) is 4.79 Å². The van der Waals surface area contributed by atoms with E-state index in [9.17, 15) is 4.79 Å². The average molecular weight is 239 g/mol. The first-order chi connectivity index (χ1) is 7.90. The number of carboxylic acids is 1. The van der Waals surface area contributed by atoms with Crippen molar-refractivity contribution in [2.24, 2.45) is 5.73 Å². The van der Waals surface area contributed by atoms with Gasteiger partial charge in [-0.25, -0.2) is 0 Å². The van der Waals surface area contributed by atoms with Gasteiger partial charge in [0.25, 0.3) is 0 Å². The van der Waals surface area contributed by atoms with Crippen LogP contribution in [-0.2, 0) is 24.4 Å². The average Bonchev–Trinajstić information content (AvgIpc) is 2.28. The molecule has 0 aliphatic rings. The van der Waals surface area contributed by atoms with Crippen molar-refractivity contribution in [2.75, 3.05) is 0 Å². The number of rotatable bonds is 5. The Morgan fingerprint density at radius 1 is 1.29 bits per heavy atom. The molecule has 0 saturated carbocycles. The lowest BCUT2D eigenvalue weighted by Gasteiger charge is -2.19. The zero-order valence-electron chi connectivity index (χ0n) is 9.68. The van der Waals surface area contributed by atoms with Crippen molar-refractivity contribution in [1.82, 2.24) is 0 Å². The van der Waals surface area contributed by atoms with Crippen LogP contribution in [0.4, 0.5) is 0 Å². The molecule has 5 heteroatoms. The van der Waals surface area contributed by atoms with Crippen LogP contribution in [0, 0.1) is 0 Å². The van der Waals surface area contributed by atoms with Crippen molar-refractivity contribution in [2.45, 2.75) is 32.1 Å². The molecule has 0 amide bonds. The first-order valence-corrected chi connectivity index (χ1v) is 5.25. The van der Waals surface area contributed by atoms with Crippen LogP contribution in [-0.4, -0.2) is 26.8 Å². The summed E-state index contributed by atoms with van der Waals surface area (Å²) >= 11 is 0. The van der Waals surface area contributed by atoms with Crippen LogP contribution in [0.25, 0.3) is 0 Å². The first kappa shape index (κ1) is 13.6. The van der Waals surface area contributed by atoms with E-state index < -0.39 is 11.5 Å². The maximum Gasteiger partial charge on any atom is 0.323 e. The summed E-state index contributed by atoms with van der Waals surface area (Å²) in [4.78, 5) is 10.9. The molecule has 1 aromatic rings. The second-order valence-electron chi connectivity index (χ2n) is 4.32. The van der Waals surface area contributed by atoms with Gasteiger partial charge in [-0.1, -0.05) is 18.2 Å². The van der Waals surface area contributed by atoms with Crippen LogP contribution in [0.5, 0.6) is 0 Å². The molecule has 0 heterocycles. The highest BCUT2D eigenvalue weighted by Crippen LogP contribution is 2.16. The van der Waals surface area contributed by atoms with Gasteiger partial charge in [-0.15, -0.1) is 0 Å². The van der Waals surface area contributed by atoms with Crippen molar-refractivity contribution in [3.8, 4) is 0 Å². The molecule has 0 fully saturated rings. The van der Waals surface area contributed by atoms with E-state index in [1.165, 1.54) is 6.92 Å². The molecule has 0 unspecified atom stereocenters. The predicted molar refractivity (Wildman–Crippen MR) is 62.2 cm³/mol. The fraction of sp³-hybridized carbons (Fsp3) is 0.417. The minimum atomic E-state index is -1.34. The smallest absolute Gasteiger partial charge is 0.323 e. The normalized spacial score (nSPS) is 14.4. The summed E-state index contributed by atoms with van der Waals surface area (Å²) in [6.07, 6.45) is 0.168. The zero-order chi connectivity index (χ0) is 13.1. The molecule has 1 aromatic carbocycles. The summed E-state index contributed by atoms with van der Waals surface area (Å²) in [5.74, 6) is -1.07. The number of hydrogen-bond donors (Lipinski definition) is 4. The van der Waals surface area contributed by atoms with E-state index in [0.717, 1.165) is 5.56 Å². The summed E-state index contributed by atoms with van der Waals surface area (Å²) in [6.45, 7) is 1.08. The first-order valence-electron chi connectivity index (χ1n) is 5.25. The largest absolute Gasteiger partial charge is 0.480 e. The van der Waals surface area contributed by atoms with E-state index in [-0.39, 0.29) is 19.6 Å². The van der Waals surface area contributed by atoms with Gasteiger partial charge in [0.05, 0.1) is 13.2 Å². The third-order valence-corrected chi connectivity index (χ3v) is 2.67. The molecule has 0 saturated heterocycles. The van der Waals surface area contributed by atoms with Crippen molar-refractivity contribution in [1.29, 1.82) is 0 Å². The highest BCUT2D eigenvalue weighted by molar-refractivity contribution is 5.78. The SMILES string of the molecule is C[C@@](N)(Cc1ccc(CO)c(CO)c1)C(=O)O. The molecule has 5 nitrogen and oxygen atoms in total. The Labute approximate surface area is 99.5 Å². The van der Waals surface area contributed by atoms with Crippen molar-refractivity contribution < 1.29 is 20.1 Å². The van der Waals surface area contributed by atoms with Gasteiger partial charge >= 0.3 is 5.97 Å². The summed E-state index contributed by atoms with van der Waals surface area (Å²) in [6, 6.07) is 5.04. The van der Waals surface area contributed by atoms with Crippen LogP contribution >= 0.6 is 0 Å². The van der Waals surface area contributed by atoms with Crippen molar-refractivity contribution in [3.05, 3.63) is 34.9 Å². The number of carboxylic acid groups (broad SMARTS) is 1. The predicted octanol–water partition coefficient (Wildman–Crippen LogP) is 0.0157. The number of aliphatic hydroxyl groups excluding tert-OH is 2. The Morgan fingerprint density at radius 3 is 2.35 bits per heavy atom. The molecule has 17 heavy (non-hydrogen) atoms. The lowest BCUT2D eigenvalue weighted by Crippen LogP contribution is -2.46. The zero-order valence-corrected chi connectivity index (χ0v) is 9.68. The Morgan fingerprint density at radius 2 is 1.88 bits per heavy atom. The summed E-state index contributed by atoms with van der Waals surface area (Å²) in [5, 5.41) is 27.1. The Bertz CT molecular complexity index is 415. The fourth-order valence-corrected chi connectivity index (χ4v) is 1.59. The van der Waals surface area contributed by atoms with Crippen LogP contribution < -0.4 is 5.73 Å². The minimum Gasteiger partial charge on any atom is -0.480 e. The highest BCUT2D eigenvalue weighted by Gasteiger charge is 2.28. The number of carbonyl (C=O) groups is 1. The van der Waals surface area contributed by atoms with Gasteiger partial charge in [-0.05, 0) is 23.6 Å². The fourth-order valence-electron chi connectivity index (χ4n) is 1.59. The van der Waals surface area contributed by atoms with Gasteiger partial charge in [0.1, 0.15) is 5.54 Å². The second kappa shape index (κ2) is 5.27. The van der Waals surface area contributed by atoms with Gasteiger partial charge in [0.15, 0.2) is 0 Å². The number of nitrogens with two attached hydrogens (primary N) is 1. The van der Waals surface area contributed by atoms with E-state index in [4.69, 9.17) is 21.1 Å². The molecule has 0 aliphatic carbocycles. The van der Waals surface area contributed by atoms with Gasteiger partial charge in [-0.2, -0.15) is 0 Å².